The van der Waals surface area contributed by atoms with Gasteiger partial charge < -0.3 is 25.4 Å². The molecule has 3 N–H and O–H groups in total. The largest absolute Gasteiger partial charge is 0.481 e. The Morgan fingerprint density at radius 2 is 2.04 bits per heavy atom. The summed E-state index contributed by atoms with van der Waals surface area (Å²) in [7, 11) is 1.47. The summed E-state index contributed by atoms with van der Waals surface area (Å²) in [6, 6.07) is -0.156. The molecule has 0 aromatic carbocycles. The average Bonchev–Trinajstić information content (AvgIpc) is 2.51. The van der Waals surface area contributed by atoms with Crippen molar-refractivity contribution in [3.8, 4) is 0 Å². The lowest BCUT2D eigenvalue weighted by Crippen LogP contribution is -2.55. The number of aliphatic carboxylic acids is 1. The smallest absolute Gasteiger partial charge is 0.317 e. The molecule has 1 aliphatic rings. The lowest BCUT2D eigenvalue weighted by atomic mass is 9.93. The van der Waals surface area contributed by atoms with Crippen molar-refractivity contribution in [3.05, 3.63) is 0 Å². The van der Waals surface area contributed by atoms with Crippen LogP contribution in [-0.2, 0) is 14.3 Å². The first-order valence-corrected chi connectivity index (χ1v) is 8.72. The quantitative estimate of drug-likeness (QED) is 0.602. The fourth-order valence-corrected chi connectivity index (χ4v) is 2.96. The summed E-state index contributed by atoms with van der Waals surface area (Å²) in [5.74, 6) is -1.22. The van der Waals surface area contributed by atoms with E-state index in [2.05, 4.69) is 10.6 Å². The minimum atomic E-state index is -1.00. The van der Waals surface area contributed by atoms with Gasteiger partial charge in [-0.2, -0.15) is 0 Å². The summed E-state index contributed by atoms with van der Waals surface area (Å²) in [5.41, 5.74) is -0.972. The first-order valence-electron chi connectivity index (χ1n) is 8.72. The highest BCUT2D eigenvalue weighted by molar-refractivity contribution is 5.82. The van der Waals surface area contributed by atoms with Gasteiger partial charge in [-0.1, -0.05) is 13.8 Å². The predicted octanol–water partition coefficient (Wildman–Crippen LogP) is 1.06. The summed E-state index contributed by atoms with van der Waals surface area (Å²) >= 11 is 0. The third-order valence-corrected chi connectivity index (χ3v) is 4.17. The number of carboxylic acid groups (broad SMARTS) is 1. The van der Waals surface area contributed by atoms with E-state index in [1.165, 1.54) is 7.11 Å². The molecule has 8 nitrogen and oxygen atoms in total. The van der Waals surface area contributed by atoms with Gasteiger partial charge in [0.05, 0.1) is 24.5 Å². The fourth-order valence-electron chi connectivity index (χ4n) is 2.96. The van der Waals surface area contributed by atoms with E-state index in [1.54, 1.807) is 11.8 Å². The normalized spacial score (nSPS) is 20.0. The van der Waals surface area contributed by atoms with E-state index in [1.807, 2.05) is 13.8 Å². The summed E-state index contributed by atoms with van der Waals surface area (Å²) in [6.45, 7) is 7.35. The van der Waals surface area contributed by atoms with Crippen LogP contribution in [-0.4, -0.2) is 66.8 Å². The molecule has 144 valence electrons. The van der Waals surface area contributed by atoms with E-state index >= 15 is 0 Å². The number of carbonyl (C=O) groups excluding carboxylic acids is 2. The minimum Gasteiger partial charge on any atom is -0.481 e. The monoisotopic (exact) mass is 357 g/mol. The molecular formula is C17H31N3O5. The van der Waals surface area contributed by atoms with E-state index in [0.29, 0.717) is 32.0 Å². The Kier molecular flexibility index (Phi) is 8.15. The topological polar surface area (TPSA) is 108 Å². The Balaban J connectivity index is 2.64. The van der Waals surface area contributed by atoms with Gasteiger partial charge in [-0.15, -0.1) is 0 Å². The second kappa shape index (κ2) is 9.60. The van der Waals surface area contributed by atoms with Crippen LogP contribution in [0.25, 0.3) is 0 Å². The standard InChI is InChI=1S/C17H31N3O5/c1-12(2)9-18-16(24)20-7-5-6-13(10-20)15(23)19-17(3,11-25-4)8-14(21)22/h12-13H,5-11H2,1-4H3,(H,18,24)(H,19,23)(H,21,22). The third kappa shape index (κ3) is 7.29. The SMILES string of the molecule is COCC(C)(CC(=O)O)NC(=O)C1CCCN(C(=O)NCC(C)C)C1. The molecule has 0 bridgehead atoms. The lowest BCUT2D eigenvalue weighted by Gasteiger charge is -2.35. The number of amides is 3. The Morgan fingerprint density at radius 1 is 1.36 bits per heavy atom. The van der Waals surface area contributed by atoms with Gasteiger partial charge in [0.2, 0.25) is 5.91 Å². The molecule has 8 heteroatoms. The average molecular weight is 357 g/mol. The zero-order valence-corrected chi connectivity index (χ0v) is 15.6. The molecule has 0 aromatic rings. The molecule has 0 saturated carbocycles. The van der Waals surface area contributed by atoms with Crippen molar-refractivity contribution in [3.63, 3.8) is 0 Å². The van der Waals surface area contributed by atoms with Crippen LogP contribution in [0.15, 0.2) is 0 Å². The van der Waals surface area contributed by atoms with E-state index in [9.17, 15) is 14.4 Å². The molecule has 0 aliphatic carbocycles. The molecule has 2 unspecified atom stereocenters. The number of likely N-dealkylation sites (tertiary alicyclic amines) is 1. The highest BCUT2D eigenvalue weighted by atomic mass is 16.5. The number of nitrogens with zero attached hydrogens (tertiary/aromatic N) is 1. The van der Waals surface area contributed by atoms with Crippen molar-refractivity contribution in [2.45, 2.75) is 45.6 Å². The number of rotatable bonds is 8. The molecule has 1 saturated heterocycles. The fraction of sp³-hybridized carbons (Fsp3) is 0.824. The van der Waals surface area contributed by atoms with Gasteiger partial charge in [0.25, 0.3) is 0 Å². The first kappa shape index (κ1) is 21.2. The van der Waals surface area contributed by atoms with Crippen LogP contribution in [0.1, 0.15) is 40.0 Å². The molecular weight excluding hydrogens is 326 g/mol. The number of nitrogens with one attached hydrogen (secondary N) is 2. The number of hydrogen-bond donors (Lipinski definition) is 3. The molecule has 1 aliphatic heterocycles. The highest BCUT2D eigenvalue weighted by Crippen LogP contribution is 2.19. The number of carbonyl (C=O) groups is 3. The van der Waals surface area contributed by atoms with Gasteiger partial charge in [0, 0.05) is 26.7 Å². The van der Waals surface area contributed by atoms with Crippen LogP contribution in [0, 0.1) is 11.8 Å². The maximum absolute atomic E-state index is 12.6. The highest BCUT2D eigenvalue weighted by Gasteiger charge is 2.34. The zero-order valence-electron chi connectivity index (χ0n) is 15.6. The summed E-state index contributed by atoms with van der Waals surface area (Å²) in [6.07, 6.45) is 1.20. The van der Waals surface area contributed by atoms with Gasteiger partial charge in [-0.25, -0.2) is 4.79 Å². The van der Waals surface area contributed by atoms with Crippen molar-refractivity contribution in [1.82, 2.24) is 15.5 Å². The number of ether oxygens (including phenoxy) is 1. The molecule has 3 amide bonds. The van der Waals surface area contributed by atoms with Gasteiger partial charge in [0.1, 0.15) is 0 Å². The van der Waals surface area contributed by atoms with Gasteiger partial charge in [0.15, 0.2) is 0 Å². The van der Waals surface area contributed by atoms with Gasteiger partial charge >= 0.3 is 12.0 Å². The van der Waals surface area contributed by atoms with Crippen LogP contribution >= 0.6 is 0 Å². The Hall–Kier alpha value is -1.83. The maximum Gasteiger partial charge on any atom is 0.317 e. The number of hydrogen-bond acceptors (Lipinski definition) is 4. The van der Waals surface area contributed by atoms with Crippen LogP contribution in [0.3, 0.4) is 0 Å². The first-order chi connectivity index (χ1) is 11.7. The number of piperidine rings is 1. The van der Waals surface area contributed by atoms with Crippen LogP contribution < -0.4 is 10.6 Å². The third-order valence-electron chi connectivity index (χ3n) is 4.17. The maximum atomic E-state index is 12.6. The van der Waals surface area contributed by atoms with Crippen molar-refractivity contribution in [2.75, 3.05) is 33.4 Å². The zero-order chi connectivity index (χ0) is 19.0. The number of urea groups is 1. The molecule has 0 spiro atoms. The minimum absolute atomic E-state index is 0.107. The Bertz CT molecular complexity index is 483. The van der Waals surface area contributed by atoms with E-state index in [-0.39, 0.29) is 30.9 Å². The van der Waals surface area contributed by atoms with Crippen LogP contribution in [0.4, 0.5) is 4.79 Å². The Morgan fingerprint density at radius 3 is 2.60 bits per heavy atom. The molecule has 0 aromatic heterocycles. The summed E-state index contributed by atoms with van der Waals surface area (Å²) < 4.78 is 5.06. The van der Waals surface area contributed by atoms with E-state index in [4.69, 9.17) is 9.84 Å². The molecule has 2 atom stereocenters. The van der Waals surface area contributed by atoms with Crippen molar-refractivity contribution >= 4 is 17.9 Å². The Labute approximate surface area is 149 Å². The van der Waals surface area contributed by atoms with Gasteiger partial charge in [-0.05, 0) is 25.7 Å². The number of carboxylic acids is 1. The predicted molar refractivity (Wildman–Crippen MR) is 93.2 cm³/mol. The summed E-state index contributed by atoms with van der Waals surface area (Å²) in [5, 5.41) is 14.7. The van der Waals surface area contributed by atoms with Gasteiger partial charge in [-0.3, -0.25) is 9.59 Å². The second-order valence-corrected chi connectivity index (χ2v) is 7.42. The molecule has 1 fully saturated rings. The van der Waals surface area contributed by atoms with E-state index < -0.39 is 11.5 Å². The molecule has 0 radical (unpaired) electrons. The lowest BCUT2D eigenvalue weighted by molar-refractivity contribution is -0.140. The van der Waals surface area contributed by atoms with Crippen molar-refractivity contribution in [1.29, 1.82) is 0 Å². The second-order valence-electron chi connectivity index (χ2n) is 7.42. The van der Waals surface area contributed by atoms with Crippen LogP contribution in [0.5, 0.6) is 0 Å². The van der Waals surface area contributed by atoms with Crippen LogP contribution in [0.2, 0.25) is 0 Å². The van der Waals surface area contributed by atoms with E-state index in [0.717, 1.165) is 6.42 Å². The summed E-state index contributed by atoms with van der Waals surface area (Å²) in [4.78, 5) is 37.5. The molecule has 25 heavy (non-hydrogen) atoms. The van der Waals surface area contributed by atoms with Crippen molar-refractivity contribution in [2.24, 2.45) is 11.8 Å². The molecule has 1 heterocycles. The molecule has 1 rings (SSSR count). The van der Waals surface area contributed by atoms with Crippen molar-refractivity contribution < 1.29 is 24.2 Å². The number of methoxy groups -OCH3 is 1.